The Labute approximate surface area is 82.5 Å². The summed E-state index contributed by atoms with van der Waals surface area (Å²) in [5, 5.41) is 0. The molecule has 0 aromatic rings. The van der Waals surface area contributed by atoms with Crippen LogP contribution in [0.3, 0.4) is 0 Å². The van der Waals surface area contributed by atoms with Crippen LogP contribution in [-0.2, 0) is 0 Å². The highest BCUT2D eigenvalue weighted by molar-refractivity contribution is 4.74. The van der Waals surface area contributed by atoms with Gasteiger partial charge in [0.2, 0.25) is 0 Å². The fraction of sp³-hybridized carbons (Fsp3) is 1.00. The van der Waals surface area contributed by atoms with Crippen LogP contribution in [0.1, 0.15) is 45.4 Å². The molecule has 78 valence electrons. The molecule has 0 bridgehead atoms. The van der Waals surface area contributed by atoms with Gasteiger partial charge < -0.3 is 10.6 Å². The van der Waals surface area contributed by atoms with E-state index in [1.54, 1.807) is 0 Å². The number of nitrogens with zero attached hydrogens (tertiary/aromatic N) is 1. The van der Waals surface area contributed by atoms with Crippen molar-refractivity contribution in [3.8, 4) is 0 Å². The van der Waals surface area contributed by atoms with Gasteiger partial charge in [0.1, 0.15) is 0 Å². The predicted octanol–water partition coefficient (Wildman–Crippen LogP) is 1.99. The molecule has 1 fully saturated rings. The van der Waals surface area contributed by atoms with Crippen LogP contribution in [0.4, 0.5) is 0 Å². The van der Waals surface area contributed by atoms with Gasteiger partial charge in [-0.05, 0) is 38.9 Å². The summed E-state index contributed by atoms with van der Waals surface area (Å²) < 4.78 is 0. The third kappa shape index (κ3) is 3.65. The standard InChI is InChI=1S/C11H24N2/c1-2-13(10-6-9-12)11-7-4-3-5-8-11/h11H,2-10,12H2,1H3. The highest BCUT2D eigenvalue weighted by atomic mass is 15.1. The highest BCUT2D eigenvalue weighted by Gasteiger charge is 2.18. The fourth-order valence-corrected chi connectivity index (χ4v) is 2.34. The molecule has 13 heavy (non-hydrogen) atoms. The van der Waals surface area contributed by atoms with Gasteiger partial charge in [-0.25, -0.2) is 0 Å². The Hall–Kier alpha value is -0.0800. The zero-order chi connectivity index (χ0) is 9.52. The van der Waals surface area contributed by atoms with Crippen molar-refractivity contribution < 1.29 is 0 Å². The molecule has 0 aliphatic heterocycles. The van der Waals surface area contributed by atoms with E-state index in [9.17, 15) is 0 Å². The summed E-state index contributed by atoms with van der Waals surface area (Å²) in [6.45, 7) is 5.51. The Morgan fingerprint density at radius 2 is 1.92 bits per heavy atom. The quantitative estimate of drug-likeness (QED) is 0.708. The Kier molecular flexibility index (Phi) is 5.40. The summed E-state index contributed by atoms with van der Waals surface area (Å²) >= 11 is 0. The number of rotatable bonds is 5. The first-order valence-electron chi connectivity index (χ1n) is 5.82. The van der Waals surface area contributed by atoms with Crippen molar-refractivity contribution in [1.29, 1.82) is 0 Å². The van der Waals surface area contributed by atoms with Crippen molar-refractivity contribution in [2.75, 3.05) is 19.6 Å². The zero-order valence-corrected chi connectivity index (χ0v) is 8.97. The number of hydrogen-bond donors (Lipinski definition) is 1. The molecule has 0 heterocycles. The van der Waals surface area contributed by atoms with E-state index >= 15 is 0 Å². The first kappa shape index (κ1) is 11.0. The van der Waals surface area contributed by atoms with Crippen LogP contribution in [0.5, 0.6) is 0 Å². The maximum Gasteiger partial charge on any atom is 0.00951 e. The average molecular weight is 184 g/mol. The lowest BCUT2D eigenvalue weighted by molar-refractivity contribution is 0.163. The average Bonchev–Trinajstić information content (AvgIpc) is 2.21. The van der Waals surface area contributed by atoms with Gasteiger partial charge in [-0.15, -0.1) is 0 Å². The van der Waals surface area contributed by atoms with Crippen LogP contribution in [0.2, 0.25) is 0 Å². The van der Waals surface area contributed by atoms with Crippen LogP contribution in [0.15, 0.2) is 0 Å². The van der Waals surface area contributed by atoms with Crippen molar-refractivity contribution in [1.82, 2.24) is 4.90 Å². The van der Waals surface area contributed by atoms with Gasteiger partial charge >= 0.3 is 0 Å². The summed E-state index contributed by atoms with van der Waals surface area (Å²) in [5.74, 6) is 0. The molecule has 1 rings (SSSR count). The van der Waals surface area contributed by atoms with E-state index in [0.29, 0.717) is 0 Å². The molecule has 0 unspecified atom stereocenters. The maximum absolute atomic E-state index is 5.53. The summed E-state index contributed by atoms with van der Waals surface area (Å²) in [5.41, 5.74) is 5.53. The summed E-state index contributed by atoms with van der Waals surface area (Å²) in [6.07, 6.45) is 8.31. The smallest absolute Gasteiger partial charge is 0.00951 e. The van der Waals surface area contributed by atoms with Crippen LogP contribution in [0, 0.1) is 0 Å². The highest BCUT2D eigenvalue weighted by Crippen LogP contribution is 2.22. The Morgan fingerprint density at radius 1 is 1.23 bits per heavy atom. The fourth-order valence-electron chi connectivity index (χ4n) is 2.34. The maximum atomic E-state index is 5.53. The van der Waals surface area contributed by atoms with Gasteiger partial charge in [-0.2, -0.15) is 0 Å². The second-order valence-corrected chi connectivity index (χ2v) is 4.06. The van der Waals surface area contributed by atoms with Gasteiger partial charge in [0.25, 0.3) is 0 Å². The molecule has 1 saturated carbocycles. The molecular weight excluding hydrogens is 160 g/mol. The number of hydrogen-bond acceptors (Lipinski definition) is 2. The van der Waals surface area contributed by atoms with Gasteiger partial charge in [0.05, 0.1) is 0 Å². The molecule has 0 amide bonds. The molecule has 0 saturated heterocycles. The van der Waals surface area contributed by atoms with E-state index in [4.69, 9.17) is 5.73 Å². The second-order valence-electron chi connectivity index (χ2n) is 4.06. The molecule has 1 aliphatic carbocycles. The van der Waals surface area contributed by atoms with E-state index in [1.165, 1.54) is 45.2 Å². The largest absolute Gasteiger partial charge is 0.330 e. The van der Waals surface area contributed by atoms with Gasteiger partial charge in [-0.1, -0.05) is 26.2 Å². The lowest BCUT2D eigenvalue weighted by Crippen LogP contribution is -2.37. The third-order valence-electron chi connectivity index (χ3n) is 3.15. The van der Waals surface area contributed by atoms with Crippen LogP contribution in [0.25, 0.3) is 0 Å². The third-order valence-corrected chi connectivity index (χ3v) is 3.15. The molecule has 0 atom stereocenters. The first-order chi connectivity index (χ1) is 6.38. The van der Waals surface area contributed by atoms with Crippen molar-refractivity contribution in [2.45, 2.75) is 51.5 Å². The minimum Gasteiger partial charge on any atom is -0.330 e. The van der Waals surface area contributed by atoms with Crippen LogP contribution in [-0.4, -0.2) is 30.6 Å². The molecule has 0 aromatic heterocycles. The minimum atomic E-state index is 0.837. The second kappa shape index (κ2) is 6.39. The molecule has 2 heteroatoms. The lowest BCUT2D eigenvalue weighted by atomic mass is 9.94. The van der Waals surface area contributed by atoms with E-state index in [-0.39, 0.29) is 0 Å². The van der Waals surface area contributed by atoms with Crippen LogP contribution >= 0.6 is 0 Å². The van der Waals surface area contributed by atoms with E-state index in [0.717, 1.165) is 19.0 Å². The summed E-state index contributed by atoms with van der Waals surface area (Å²) in [4.78, 5) is 2.62. The Balaban J connectivity index is 2.26. The SMILES string of the molecule is CCN(CCCN)C1CCCCC1. The summed E-state index contributed by atoms with van der Waals surface area (Å²) in [6, 6.07) is 0.866. The van der Waals surface area contributed by atoms with Crippen molar-refractivity contribution >= 4 is 0 Å². The molecule has 0 radical (unpaired) electrons. The van der Waals surface area contributed by atoms with E-state index < -0.39 is 0 Å². The predicted molar refractivity (Wildman–Crippen MR) is 57.8 cm³/mol. The Bertz CT molecular complexity index is 119. The molecular formula is C11H24N2. The van der Waals surface area contributed by atoms with Crippen LogP contribution < -0.4 is 5.73 Å². The van der Waals surface area contributed by atoms with Gasteiger partial charge in [0, 0.05) is 6.04 Å². The lowest BCUT2D eigenvalue weighted by Gasteiger charge is -2.33. The van der Waals surface area contributed by atoms with Gasteiger partial charge in [-0.3, -0.25) is 0 Å². The van der Waals surface area contributed by atoms with Crippen molar-refractivity contribution in [3.63, 3.8) is 0 Å². The molecule has 2 nitrogen and oxygen atoms in total. The van der Waals surface area contributed by atoms with Crippen molar-refractivity contribution in [3.05, 3.63) is 0 Å². The van der Waals surface area contributed by atoms with Gasteiger partial charge in [0.15, 0.2) is 0 Å². The zero-order valence-electron chi connectivity index (χ0n) is 8.97. The molecule has 1 aliphatic rings. The Morgan fingerprint density at radius 3 is 2.46 bits per heavy atom. The number of nitrogens with two attached hydrogens (primary N) is 1. The minimum absolute atomic E-state index is 0.837. The monoisotopic (exact) mass is 184 g/mol. The van der Waals surface area contributed by atoms with E-state index in [1.807, 2.05) is 0 Å². The molecule has 0 aromatic carbocycles. The van der Waals surface area contributed by atoms with Crippen molar-refractivity contribution in [2.24, 2.45) is 5.73 Å². The molecule has 2 N–H and O–H groups in total. The molecule has 0 spiro atoms. The van der Waals surface area contributed by atoms with E-state index in [2.05, 4.69) is 11.8 Å². The normalized spacial score (nSPS) is 19.6. The first-order valence-corrected chi connectivity index (χ1v) is 5.82. The summed E-state index contributed by atoms with van der Waals surface area (Å²) in [7, 11) is 0. The topological polar surface area (TPSA) is 29.3 Å².